The van der Waals surface area contributed by atoms with Crippen molar-refractivity contribution in [1.82, 2.24) is 10.2 Å². The van der Waals surface area contributed by atoms with Crippen LogP contribution in [0.3, 0.4) is 0 Å². The Balaban J connectivity index is 1.41. The highest BCUT2D eigenvalue weighted by Gasteiger charge is 2.58. The van der Waals surface area contributed by atoms with Gasteiger partial charge in [0.15, 0.2) is 0 Å². The molecule has 6 rings (SSSR count). The van der Waals surface area contributed by atoms with E-state index in [9.17, 15) is 0 Å². The summed E-state index contributed by atoms with van der Waals surface area (Å²) in [6.07, 6.45) is 15.3. The first kappa shape index (κ1) is 13.4. The standard InChI is InChI=1S/C19H32N2/c1-2-20-16-8-17-3-4-18(9-16)21(17)19-10-13-5-14(11-19)7-15(6-13)12-19/h13-18,20H,2-12H2,1H3. The maximum Gasteiger partial charge on any atom is 0.0223 e. The normalized spacial score (nSPS) is 55.3. The Hall–Kier alpha value is -0.0800. The summed E-state index contributed by atoms with van der Waals surface area (Å²) < 4.78 is 0. The van der Waals surface area contributed by atoms with Gasteiger partial charge in [-0.05, 0) is 88.5 Å². The van der Waals surface area contributed by atoms with Crippen LogP contribution in [0.25, 0.3) is 0 Å². The van der Waals surface area contributed by atoms with Crippen molar-refractivity contribution in [2.75, 3.05) is 6.54 Å². The SMILES string of the molecule is CCNC1CC2CCC(C1)N2C12CC3CC(CC(C3)C1)C2. The van der Waals surface area contributed by atoms with Crippen LogP contribution in [0.2, 0.25) is 0 Å². The molecule has 0 aromatic carbocycles. The Morgan fingerprint density at radius 1 is 0.857 bits per heavy atom. The van der Waals surface area contributed by atoms with Crippen LogP contribution >= 0.6 is 0 Å². The smallest absolute Gasteiger partial charge is 0.0223 e. The summed E-state index contributed by atoms with van der Waals surface area (Å²) in [4.78, 5) is 3.13. The molecule has 4 saturated carbocycles. The van der Waals surface area contributed by atoms with Gasteiger partial charge in [0.25, 0.3) is 0 Å². The van der Waals surface area contributed by atoms with Crippen molar-refractivity contribution in [1.29, 1.82) is 0 Å². The summed E-state index contributed by atoms with van der Waals surface area (Å²) in [7, 11) is 0. The summed E-state index contributed by atoms with van der Waals surface area (Å²) in [6.45, 7) is 3.43. The van der Waals surface area contributed by atoms with Gasteiger partial charge >= 0.3 is 0 Å². The van der Waals surface area contributed by atoms with E-state index in [1.165, 1.54) is 25.7 Å². The molecule has 6 bridgehead atoms. The average Bonchev–Trinajstić information content (AvgIpc) is 2.71. The first-order valence-corrected chi connectivity index (χ1v) is 9.77. The molecule has 2 atom stereocenters. The summed E-state index contributed by atoms with van der Waals surface area (Å²) in [5, 5.41) is 3.75. The molecule has 2 nitrogen and oxygen atoms in total. The van der Waals surface area contributed by atoms with Crippen LogP contribution in [0.4, 0.5) is 0 Å². The van der Waals surface area contributed by atoms with E-state index >= 15 is 0 Å². The van der Waals surface area contributed by atoms with Crippen LogP contribution in [-0.4, -0.2) is 35.1 Å². The van der Waals surface area contributed by atoms with E-state index in [1.54, 1.807) is 38.5 Å². The predicted octanol–water partition coefficient (Wildman–Crippen LogP) is 3.56. The molecule has 1 N–H and O–H groups in total. The third kappa shape index (κ3) is 1.97. The maximum absolute atomic E-state index is 3.75. The van der Waals surface area contributed by atoms with Gasteiger partial charge < -0.3 is 5.32 Å². The van der Waals surface area contributed by atoms with Gasteiger partial charge in [-0.25, -0.2) is 0 Å². The number of rotatable bonds is 3. The van der Waals surface area contributed by atoms with E-state index in [0.717, 1.165) is 42.4 Å². The molecule has 6 fully saturated rings. The minimum absolute atomic E-state index is 0.664. The third-order valence-electron chi connectivity index (χ3n) is 7.78. The van der Waals surface area contributed by atoms with E-state index in [1.807, 2.05) is 0 Å². The van der Waals surface area contributed by atoms with Crippen molar-refractivity contribution in [2.45, 2.75) is 94.8 Å². The second-order valence-electron chi connectivity index (χ2n) is 9.16. The fraction of sp³-hybridized carbons (Fsp3) is 1.00. The monoisotopic (exact) mass is 288 g/mol. The molecule has 0 amide bonds. The number of nitrogens with zero attached hydrogens (tertiary/aromatic N) is 1. The molecule has 118 valence electrons. The van der Waals surface area contributed by atoms with Gasteiger partial charge in [-0.1, -0.05) is 6.92 Å². The highest BCUT2D eigenvalue weighted by atomic mass is 15.3. The van der Waals surface area contributed by atoms with Gasteiger partial charge in [0.2, 0.25) is 0 Å². The van der Waals surface area contributed by atoms with Gasteiger partial charge in [0, 0.05) is 23.7 Å². The molecule has 21 heavy (non-hydrogen) atoms. The van der Waals surface area contributed by atoms with E-state index in [2.05, 4.69) is 17.1 Å². The fourth-order valence-corrected chi connectivity index (χ4v) is 7.79. The lowest BCUT2D eigenvalue weighted by Gasteiger charge is -2.63. The van der Waals surface area contributed by atoms with Crippen LogP contribution in [0.1, 0.15) is 71.1 Å². The van der Waals surface area contributed by atoms with E-state index < -0.39 is 0 Å². The minimum Gasteiger partial charge on any atom is -0.314 e. The van der Waals surface area contributed by atoms with Gasteiger partial charge in [-0.15, -0.1) is 0 Å². The number of piperidine rings is 1. The van der Waals surface area contributed by atoms with E-state index in [-0.39, 0.29) is 0 Å². The molecule has 0 spiro atoms. The van der Waals surface area contributed by atoms with Crippen LogP contribution < -0.4 is 5.32 Å². The second-order valence-corrected chi connectivity index (χ2v) is 9.16. The highest BCUT2D eigenvalue weighted by molar-refractivity contribution is 5.13. The summed E-state index contributed by atoms with van der Waals surface area (Å²) in [6, 6.07) is 2.66. The van der Waals surface area contributed by atoms with Crippen molar-refractivity contribution < 1.29 is 0 Å². The Morgan fingerprint density at radius 2 is 1.38 bits per heavy atom. The summed E-state index contributed by atoms with van der Waals surface area (Å²) in [5.74, 6) is 3.30. The van der Waals surface area contributed by atoms with Crippen molar-refractivity contribution in [3.05, 3.63) is 0 Å². The van der Waals surface area contributed by atoms with Gasteiger partial charge in [0.05, 0.1) is 0 Å². The summed E-state index contributed by atoms with van der Waals surface area (Å²) >= 11 is 0. The molecular weight excluding hydrogens is 256 g/mol. The van der Waals surface area contributed by atoms with E-state index in [4.69, 9.17) is 0 Å². The highest BCUT2D eigenvalue weighted by Crippen LogP contribution is 2.60. The molecule has 0 aromatic heterocycles. The van der Waals surface area contributed by atoms with Crippen LogP contribution in [0.15, 0.2) is 0 Å². The van der Waals surface area contributed by atoms with Crippen LogP contribution in [0, 0.1) is 17.8 Å². The molecule has 4 aliphatic carbocycles. The molecule has 2 heteroatoms. The predicted molar refractivity (Wildman–Crippen MR) is 86.3 cm³/mol. The third-order valence-corrected chi connectivity index (χ3v) is 7.78. The topological polar surface area (TPSA) is 15.3 Å². The fourth-order valence-electron chi connectivity index (χ4n) is 7.79. The lowest BCUT2D eigenvalue weighted by Crippen LogP contribution is -2.65. The molecule has 6 aliphatic rings. The Kier molecular flexibility index (Phi) is 3.00. The second kappa shape index (κ2) is 4.71. The first-order valence-electron chi connectivity index (χ1n) is 9.77. The Morgan fingerprint density at radius 3 is 1.86 bits per heavy atom. The number of hydrogen-bond acceptors (Lipinski definition) is 2. The Bertz CT molecular complexity index is 369. The molecule has 2 aliphatic heterocycles. The van der Waals surface area contributed by atoms with Gasteiger partial charge in [0.1, 0.15) is 0 Å². The van der Waals surface area contributed by atoms with Crippen molar-refractivity contribution >= 4 is 0 Å². The first-order chi connectivity index (χ1) is 10.3. The Labute approximate surface area is 130 Å². The molecular formula is C19H32N2. The number of fused-ring (bicyclic) bond motifs is 2. The largest absolute Gasteiger partial charge is 0.314 e. The molecule has 2 unspecified atom stereocenters. The quantitative estimate of drug-likeness (QED) is 0.854. The zero-order valence-electron chi connectivity index (χ0n) is 13.7. The van der Waals surface area contributed by atoms with Gasteiger partial charge in [-0.2, -0.15) is 0 Å². The van der Waals surface area contributed by atoms with Crippen molar-refractivity contribution in [3.8, 4) is 0 Å². The van der Waals surface area contributed by atoms with E-state index in [0.29, 0.717) is 5.54 Å². The lowest BCUT2D eigenvalue weighted by atomic mass is 9.52. The van der Waals surface area contributed by atoms with Crippen molar-refractivity contribution in [2.24, 2.45) is 17.8 Å². The molecule has 2 heterocycles. The van der Waals surface area contributed by atoms with Crippen molar-refractivity contribution in [3.63, 3.8) is 0 Å². The van der Waals surface area contributed by atoms with Gasteiger partial charge in [-0.3, -0.25) is 4.90 Å². The molecule has 2 saturated heterocycles. The average molecular weight is 288 g/mol. The number of nitrogens with one attached hydrogen (secondary N) is 1. The zero-order valence-corrected chi connectivity index (χ0v) is 13.7. The van der Waals surface area contributed by atoms with Crippen LogP contribution in [0.5, 0.6) is 0 Å². The minimum atomic E-state index is 0.664. The molecule has 0 radical (unpaired) electrons. The van der Waals surface area contributed by atoms with Crippen LogP contribution in [-0.2, 0) is 0 Å². The maximum atomic E-state index is 3.75. The molecule has 0 aromatic rings. The number of hydrogen-bond donors (Lipinski definition) is 1. The lowest BCUT2D eigenvalue weighted by molar-refractivity contribution is -0.119. The zero-order chi connectivity index (χ0) is 14.0. The summed E-state index contributed by atoms with van der Waals surface area (Å²) in [5.41, 5.74) is 0.664.